The van der Waals surface area contributed by atoms with E-state index in [4.69, 9.17) is 0 Å². The van der Waals surface area contributed by atoms with Crippen molar-refractivity contribution in [2.75, 3.05) is 6.54 Å². The van der Waals surface area contributed by atoms with E-state index in [2.05, 4.69) is 43.4 Å². The first-order valence-corrected chi connectivity index (χ1v) is 7.13. The van der Waals surface area contributed by atoms with Gasteiger partial charge in [0.05, 0.1) is 0 Å². The average molecular weight is 229 g/mol. The van der Waals surface area contributed by atoms with Gasteiger partial charge in [0.1, 0.15) is 0 Å². The van der Waals surface area contributed by atoms with Crippen molar-refractivity contribution in [1.82, 2.24) is 5.32 Å². The molecule has 0 spiro atoms. The molecule has 3 atom stereocenters. The third-order valence-electron chi connectivity index (χ3n) is 5.24. The smallest absolute Gasteiger partial charge is 0.0144 e. The third kappa shape index (κ3) is 1.48. The lowest BCUT2D eigenvalue weighted by atomic mass is 9.56. The van der Waals surface area contributed by atoms with E-state index in [0.717, 1.165) is 5.92 Å². The first kappa shape index (κ1) is 11.3. The van der Waals surface area contributed by atoms with E-state index in [1.165, 1.54) is 32.2 Å². The van der Waals surface area contributed by atoms with Crippen LogP contribution in [0.25, 0.3) is 0 Å². The number of nitrogens with one attached hydrogen (secondary N) is 1. The Morgan fingerprint density at radius 3 is 2.88 bits per heavy atom. The molecule has 92 valence electrons. The summed E-state index contributed by atoms with van der Waals surface area (Å²) in [5.74, 6) is 0.830. The minimum absolute atomic E-state index is 0.458. The van der Waals surface area contributed by atoms with E-state index in [0.29, 0.717) is 11.5 Å². The van der Waals surface area contributed by atoms with Crippen molar-refractivity contribution in [3.05, 3.63) is 35.4 Å². The van der Waals surface area contributed by atoms with Gasteiger partial charge in [0, 0.05) is 11.5 Å². The maximum atomic E-state index is 3.75. The molecule has 1 nitrogen and oxygen atoms in total. The molecule has 3 rings (SSSR count). The van der Waals surface area contributed by atoms with Crippen molar-refractivity contribution in [3.8, 4) is 0 Å². The number of benzene rings is 1. The molecule has 2 aliphatic rings. The van der Waals surface area contributed by atoms with Crippen LogP contribution in [0.15, 0.2) is 24.3 Å². The van der Waals surface area contributed by atoms with Crippen molar-refractivity contribution in [2.24, 2.45) is 5.92 Å². The van der Waals surface area contributed by atoms with Crippen LogP contribution in [0.4, 0.5) is 0 Å². The van der Waals surface area contributed by atoms with Gasteiger partial charge in [0.25, 0.3) is 0 Å². The van der Waals surface area contributed by atoms with Crippen molar-refractivity contribution in [1.29, 1.82) is 0 Å². The molecule has 1 heterocycles. The van der Waals surface area contributed by atoms with Gasteiger partial charge in [-0.15, -0.1) is 0 Å². The van der Waals surface area contributed by atoms with E-state index in [-0.39, 0.29) is 0 Å². The fraction of sp³-hybridized carbons (Fsp3) is 0.625. The quantitative estimate of drug-likeness (QED) is 0.820. The summed E-state index contributed by atoms with van der Waals surface area (Å²) in [6.45, 7) is 5.94. The Morgan fingerprint density at radius 2 is 2.12 bits per heavy atom. The fourth-order valence-electron chi connectivity index (χ4n) is 4.47. The topological polar surface area (TPSA) is 12.0 Å². The highest BCUT2D eigenvalue weighted by Gasteiger charge is 2.48. The fourth-order valence-corrected chi connectivity index (χ4v) is 4.47. The Bertz CT molecular complexity index is 412. The predicted octanol–water partition coefficient (Wildman–Crippen LogP) is 3.28. The Labute approximate surface area is 105 Å². The summed E-state index contributed by atoms with van der Waals surface area (Å²) in [6.07, 6.45) is 5.15. The molecule has 1 aliphatic heterocycles. The lowest BCUT2D eigenvalue weighted by molar-refractivity contribution is 0.118. The second-order valence-corrected chi connectivity index (χ2v) is 5.70. The summed E-state index contributed by atoms with van der Waals surface area (Å²) >= 11 is 0. The standard InChI is InChI=1S/C16H23N/c1-3-13-15-11-12-7-5-6-8-14(12)16(13,4-2)9-10-17-15/h5-8,13,15,17H,3-4,9-11H2,1-2H3/t13-,15-,16-/m1/s1. The third-order valence-corrected chi connectivity index (χ3v) is 5.24. The zero-order valence-corrected chi connectivity index (χ0v) is 11.0. The van der Waals surface area contributed by atoms with Gasteiger partial charge in [-0.3, -0.25) is 0 Å². The average Bonchev–Trinajstić information content (AvgIpc) is 2.38. The number of fused-ring (bicyclic) bond motifs is 4. The minimum Gasteiger partial charge on any atom is -0.313 e. The largest absolute Gasteiger partial charge is 0.313 e. The molecule has 2 bridgehead atoms. The maximum absolute atomic E-state index is 3.75. The van der Waals surface area contributed by atoms with Crippen LogP contribution in [-0.4, -0.2) is 12.6 Å². The van der Waals surface area contributed by atoms with Crippen molar-refractivity contribution in [2.45, 2.75) is 51.0 Å². The van der Waals surface area contributed by atoms with Crippen LogP contribution >= 0.6 is 0 Å². The molecule has 1 aromatic carbocycles. The number of rotatable bonds is 2. The molecular formula is C16H23N. The lowest BCUT2D eigenvalue weighted by Gasteiger charge is -2.53. The Hall–Kier alpha value is -0.820. The van der Waals surface area contributed by atoms with Crippen LogP contribution in [0.2, 0.25) is 0 Å². The van der Waals surface area contributed by atoms with E-state index >= 15 is 0 Å². The second kappa shape index (κ2) is 4.13. The SMILES string of the molecule is CC[C@@H]1[C@H]2Cc3ccccc3[C@]1(CC)CCN2. The Balaban J connectivity index is 2.16. The molecular weight excluding hydrogens is 206 g/mol. The van der Waals surface area contributed by atoms with Crippen LogP contribution in [0.3, 0.4) is 0 Å². The van der Waals surface area contributed by atoms with E-state index in [1.807, 2.05) is 0 Å². The molecule has 0 saturated carbocycles. The second-order valence-electron chi connectivity index (χ2n) is 5.70. The summed E-state index contributed by atoms with van der Waals surface area (Å²) in [7, 11) is 0. The highest BCUT2D eigenvalue weighted by atomic mass is 15.0. The zero-order valence-electron chi connectivity index (χ0n) is 11.0. The molecule has 0 radical (unpaired) electrons. The van der Waals surface area contributed by atoms with Crippen molar-refractivity contribution in [3.63, 3.8) is 0 Å². The van der Waals surface area contributed by atoms with Crippen LogP contribution in [-0.2, 0) is 11.8 Å². The predicted molar refractivity (Wildman–Crippen MR) is 72.3 cm³/mol. The van der Waals surface area contributed by atoms with Gasteiger partial charge < -0.3 is 5.32 Å². The minimum atomic E-state index is 0.458. The number of piperidine rings is 1. The van der Waals surface area contributed by atoms with Gasteiger partial charge in [0.2, 0.25) is 0 Å². The van der Waals surface area contributed by atoms with Crippen LogP contribution < -0.4 is 5.32 Å². The monoisotopic (exact) mass is 229 g/mol. The van der Waals surface area contributed by atoms with Gasteiger partial charge in [-0.2, -0.15) is 0 Å². The van der Waals surface area contributed by atoms with Crippen molar-refractivity contribution >= 4 is 0 Å². The molecule has 1 saturated heterocycles. The molecule has 1 aromatic rings. The molecule has 0 amide bonds. The van der Waals surface area contributed by atoms with E-state index in [9.17, 15) is 0 Å². The van der Waals surface area contributed by atoms with Gasteiger partial charge >= 0.3 is 0 Å². The van der Waals surface area contributed by atoms with Gasteiger partial charge in [0.15, 0.2) is 0 Å². The summed E-state index contributed by atoms with van der Waals surface area (Å²) in [5.41, 5.74) is 3.71. The first-order valence-electron chi connectivity index (χ1n) is 7.13. The van der Waals surface area contributed by atoms with Gasteiger partial charge in [-0.05, 0) is 42.9 Å². The number of hydrogen-bond acceptors (Lipinski definition) is 1. The van der Waals surface area contributed by atoms with Crippen molar-refractivity contribution < 1.29 is 0 Å². The van der Waals surface area contributed by atoms with E-state index in [1.54, 1.807) is 11.1 Å². The highest BCUT2D eigenvalue weighted by molar-refractivity contribution is 5.40. The summed E-state index contributed by atoms with van der Waals surface area (Å²) in [4.78, 5) is 0. The Morgan fingerprint density at radius 1 is 1.29 bits per heavy atom. The summed E-state index contributed by atoms with van der Waals surface area (Å²) < 4.78 is 0. The molecule has 17 heavy (non-hydrogen) atoms. The number of hydrogen-bond donors (Lipinski definition) is 1. The molecule has 1 aliphatic carbocycles. The molecule has 1 N–H and O–H groups in total. The van der Waals surface area contributed by atoms with E-state index < -0.39 is 0 Å². The maximum Gasteiger partial charge on any atom is 0.0144 e. The summed E-state index contributed by atoms with van der Waals surface area (Å²) in [6, 6.07) is 9.87. The van der Waals surface area contributed by atoms with Crippen LogP contribution in [0.5, 0.6) is 0 Å². The van der Waals surface area contributed by atoms with Crippen LogP contribution in [0.1, 0.15) is 44.2 Å². The molecule has 0 aromatic heterocycles. The first-order chi connectivity index (χ1) is 8.31. The molecule has 0 unspecified atom stereocenters. The zero-order chi connectivity index (χ0) is 11.9. The Kier molecular flexibility index (Phi) is 2.74. The van der Waals surface area contributed by atoms with Crippen LogP contribution in [0, 0.1) is 5.92 Å². The summed E-state index contributed by atoms with van der Waals surface area (Å²) in [5, 5.41) is 3.75. The molecule has 1 heteroatoms. The van der Waals surface area contributed by atoms with Gasteiger partial charge in [-0.1, -0.05) is 44.5 Å². The normalized spacial score (nSPS) is 35.4. The highest BCUT2D eigenvalue weighted by Crippen LogP contribution is 2.49. The molecule has 1 fully saturated rings. The lowest BCUT2D eigenvalue weighted by Crippen LogP contribution is -2.58. The van der Waals surface area contributed by atoms with Gasteiger partial charge in [-0.25, -0.2) is 0 Å².